The van der Waals surface area contributed by atoms with Crippen molar-refractivity contribution in [1.82, 2.24) is 4.98 Å². The van der Waals surface area contributed by atoms with Gasteiger partial charge in [0.15, 0.2) is 0 Å². The Morgan fingerprint density at radius 2 is 2.38 bits per heavy atom. The van der Waals surface area contributed by atoms with E-state index in [4.69, 9.17) is 10.5 Å². The number of ether oxygens (including phenoxy) is 1. The van der Waals surface area contributed by atoms with E-state index >= 15 is 0 Å². The highest BCUT2D eigenvalue weighted by Gasteiger charge is 2.20. The first kappa shape index (κ1) is 11.4. The molecule has 1 aromatic rings. The van der Waals surface area contributed by atoms with Gasteiger partial charge in [-0.3, -0.25) is 0 Å². The Bertz CT molecular complexity index is 367. The van der Waals surface area contributed by atoms with E-state index in [9.17, 15) is 0 Å². The predicted molar refractivity (Wildman–Crippen MR) is 64.5 cm³/mol. The van der Waals surface area contributed by atoms with Crippen LogP contribution < -0.4 is 10.6 Å². The van der Waals surface area contributed by atoms with Gasteiger partial charge in [-0.15, -0.1) is 0 Å². The molecule has 1 aliphatic rings. The molecule has 2 heterocycles. The molecule has 0 spiro atoms. The molecule has 1 saturated heterocycles. The second kappa shape index (κ2) is 4.80. The van der Waals surface area contributed by atoms with Crippen LogP contribution in [0.1, 0.15) is 18.2 Å². The van der Waals surface area contributed by atoms with Crippen molar-refractivity contribution in [2.45, 2.75) is 26.4 Å². The molecule has 4 heteroatoms. The van der Waals surface area contributed by atoms with Gasteiger partial charge < -0.3 is 15.4 Å². The molecule has 16 heavy (non-hydrogen) atoms. The molecule has 0 bridgehead atoms. The van der Waals surface area contributed by atoms with Gasteiger partial charge in [0.2, 0.25) is 0 Å². The first-order valence-electron chi connectivity index (χ1n) is 5.72. The summed E-state index contributed by atoms with van der Waals surface area (Å²) in [5, 5.41) is 0. The van der Waals surface area contributed by atoms with Crippen molar-refractivity contribution >= 4 is 5.82 Å². The van der Waals surface area contributed by atoms with Crippen molar-refractivity contribution in [1.29, 1.82) is 0 Å². The smallest absolute Gasteiger partial charge is 0.129 e. The van der Waals surface area contributed by atoms with Crippen LogP contribution in [0.25, 0.3) is 0 Å². The summed E-state index contributed by atoms with van der Waals surface area (Å²) in [6.45, 7) is 7.18. The molecule has 1 aromatic heterocycles. The normalized spacial score (nSPS) is 21.2. The largest absolute Gasteiger partial charge is 0.377 e. The zero-order valence-electron chi connectivity index (χ0n) is 9.94. The van der Waals surface area contributed by atoms with Crippen molar-refractivity contribution in [3.63, 3.8) is 0 Å². The first-order chi connectivity index (χ1) is 7.70. The minimum atomic E-state index is 0.383. The third kappa shape index (κ3) is 2.33. The number of rotatable bonds is 2. The highest BCUT2D eigenvalue weighted by atomic mass is 16.5. The molecule has 0 aromatic carbocycles. The molecule has 1 aliphatic heterocycles. The Hall–Kier alpha value is -1.13. The Morgan fingerprint density at radius 3 is 3.06 bits per heavy atom. The molecule has 1 fully saturated rings. The molecule has 4 nitrogen and oxygen atoms in total. The van der Waals surface area contributed by atoms with E-state index in [1.165, 1.54) is 0 Å². The zero-order chi connectivity index (χ0) is 11.5. The number of pyridine rings is 1. The van der Waals surface area contributed by atoms with E-state index < -0.39 is 0 Å². The van der Waals surface area contributed by atoms with Gasteiger partial charge in [-0.25, -0.2) is 4.98 Å². The highest BCUT2D eigenvalue weighted by Crippen LogP contribution is 2.19. The molecule has 0 amide bonds. The SMILES string of the molecule is Cc1cc(CN)cc(N2CCOCC2C)n1. The first-order valence-corrected chi connectivity index (χ1v) is 5.72. The molecule has 2 N–H and O–H groups in total. The van der Waals surface area contributed by atoms with E-state index in [0.29, 0.717) is 12.6 Å². The summed E-state index contributed by atoms with van der Waals surface area (Å²) in [7, 11) is 0. The number of aromatic nitrogens is 1. The second-order valence-corrected chi connectivity index (χ2v) is 4.30. The zero-order valence-corrected chi connectivity index (χ0v) is 9.94. The lowest BCUT2D eigenvalue weighted by atomic mass is 10.2. The van der Waals surface area contributed by atoms with Gasteiger partial charge in [0, 0.05) is 18.8 Å². The fraction of sp³-hybridized carbons (Fsp3) is 0.583. The molecule has 0 radical (unpaired) electrons. The number of morpholine rings is 1. The van der Waals surface area contributed by atoms with Gasteiger partial charge in [-0.05, 0) is 31.5 Å². The van der Waals surface area contributed by atoms with Crippen molar-refractivity contribution < 1.29 is 4.74 Å². The standard InChI is InChI=1S/C12H19N3O/c1-9-5-11(7-13)6-12(14-9)15-3-4-16-8-10(15)2/h5-6,10H,3-4,7-8,13H2,1-2H3. The number of anilines is 1. The Morgan fingerprint density at radius 1 is 1.56 bits per heavy atom. The maximum Gasteiger partial charge on any atom is 0.129 e. The maximum absolute atomic E-state index is 5.68. The van der Waals surface area contributed by atoms with Crippen molar-refractivity contribution in [2.75, 3.05) is 24.7 Å². The molecule has 0 aliphatic carbocycles. The third-order valence-corrected chi connectivity index (χ3v) is 2.90. The van der Waals surface area contributed by atoms with Crippen molar-refractivity contribution in [3.8, 4) is 0 Å². The summed E-state index contributed by atoms with van der Waals surface area (Å²) in [6, 6.07) is 4.50. The van der Waals surface area contributed by atoms with Crippen molar-refractivity contribution in [3.05, 3.63) is 23.4 Å². The lowest BCUT2D eigenvalue weighted by molar-refractivity contribution is 0.0985. The quantitative estimate of drug-likeness (QED) is 0.811. The van der Waals surface area contributed by atoms with E-state index in [1.54, 1.807) is 0 Å². The molecule has 0 saturated carbocycles. The number of hydrogen-bond donors (Lipinski definition) is 1. The Labute approximate surface area is 96.4 Å². The maximum atomic E-state index is 5.68. The minimum Gasteiger partial charge on any atom is -0.377 e. The van der Waals surface area contributed by atoms with Crippen LogP contribution in [-0.4, -0.2) is 30.8 Å². The lowest BCUT2D eigenvalue weighted by Gasteiger charge is -2.34. The number of nitrogens with zero attached hydrogens (tertiary/aromatic N) is 2. The average Bonchev–Trinajstić information content (AvgIpc) is 2.28. The second-order valence-electron chi connectivity index (χ2n) is 4.30. The molecule has 1 unspecified atom stereocenters. The summed E-state index contributed by atoms with van der Waals surface area (Å²) < 4.78 is 5.43. The van der Waals surface area contributed by atoms with E-state index in [2.05, 4.69) is 22.9 Å². The summed E-state index contributed by atoms with van der Waals surface area (Å²) in [5.74, 6) is 1.02. The van der Waals surface area contributed by atoms with Gasteiger partial charge in [0.05, 0.1) is 19.3 Å². The fourth-order valence-electron chi connectivity index (χ4n) is 2.05. The van der Waals surface area contributed by atoms with Gasteiger partial charge in [0.25, 0.3) is 0 Å². The van der Waals surface area contributed by atoms with Crippen LogP contribution in [0.15, 0.2) is 12.1 Å². The topological polar surface area (TPSA) is 51.4 Å². The molecular formula is C12H19N3O. The Kier molecular flexibility index (Phi) is 3.41. The van der Waals surface area contributed by atoms with Crippen LogP contribution in [0.5, 0.6) is 0 Å². The summed E-state index contributed by atoms with van der Waals surface area (Å²) in [4.78, 5) is 6.86. The lowest BCUT2D eigenvalue weighted by Crippen LogP contribution is -2.44. The van der Waals surface area contributed by atoms with Crippen LogP contribution in [0.2, 0.25) is 0 Å². The van der Waals surface area contributed by atoms with Gasteiger partial charge in [-0.2, -0.15) is 0 Å². The van der Waals surface area contributed by atoms with Crippen LogP contribution in [0.3, 0.4) is 0 Å². The molecule has 88 valence electrons. The van der Waals surface area contributed by atoms with Crippen LogP contribution >= 0.6 is 0 Å². The van der Waals surface area contributed by atoms with E-state index in [-0.39, 0.29) is 0 Å². The molecule has 2 rings (SSSR count). The van der Waals surface area contributed by atoms with Crippen LogP contribution in [0.4, 0.5) is 5.82 Å². The van der Waals surface area contributed by atoms with Gasteiger partial charge >= 0.3 is 0 Å². The average molecular weight is 221 g/mol. The van der Waals surface area contributed by atoms with Gasteiger partial charge in [0.1, 0.15) is 5.82 Å². The fourth-order valence-corrected chi connectivity index (χ4v) is 2.05. The number of aryl methyl sites for hydroxylation is 1. The van der Waals surface area contributed by atoms with Gasteiger partial charge in [-0.1, -0.05) is 0 Å². The van der Waals surface area contributed by atoms with E-state index in [0.717, 1.165) is 36.8 Å². The number of nitrogens with two attached hydrogens (primary N) is 1. The summed E-state index contributed by atoms with van der Waals surface area (Å²) in [5.41, 5.74) is 7.85. The Balaban J connectivity index is 2.27. The predicted octanol–water partition coefficient (Wildman–Crippen LogP) is 1.07. The number of hydrogen-bond acceptors (Lipinski definition) is 4. The summed E-state index contributed by atoms with van der Waals surface area (Å²) >= 11 is 0. The molecular weight excluding hydrogens is 202 g/mol. The minimum absolute atomic E-state index is 0.383. The van der Waals surface area contributed by atoms with Crippen molar-refractivity contribution in [2.24, 2.45) is 5.73 Å². The molecule has 1 atom stereocenters. The van der Waals surface area contributed by atoms with Crippen LogP contribution in [-0.2, 0) is 11.3 Å². The van der Waals surface area contributed by atoms with E-state index in [1.807, 2.05) is 13.0 Å². The summed E-state index contributed by atoms with van der Waals surface area (Å²) in [6.07, 6.45) is 0. The monoisotopic (exact) mass is 221 g/mol. The third-order valence-electron chi connectivity index (χ3n) is 2.90. The highest BCUT2D eigenvalue weighted by molar-refractivity contribution is 5.44. The van der Waals surface area contributed by atoms with Crippen LogP contribution in [0, 0.1) is 6.92 Å².